The third-order valence-electron chi connectivity index (χ3n) is 2.31. The Morgan fingerprint density at radius 3 is 2.79 bits per heavy atom. The van der Waals surface area contributed by atoms with Gasteiger partial charge in [0.25, 0.3) is 5.91 Å². The number of thiazole rings is 1. The van der Waals surface area contributed by atoms with E-state index in [1.807, 2.05) is 13.8 Å². The van der Waals surface area contributed by atoms with Gasteiger partial charge in [0.1, 0.15) is 5.69 Å². The van der Waals surface area contributed by atoms with Crippen LogP contribution in [-0.4, -0.2) is 47.9 Å². The van der Waals surface area contributed by atoms with Crippen LogP contribution in [0, 0.1) is 0 Å². The van der Waals surface area contributed by atoms with Crippen molar-refractivity contribution in [2.24, 2.45) is 5.73 Å². The smallest absolute Gasteiger partial charge is 0.273 e. The number of amides is 2. The van der Waals surface area contributed by atoms with E-state index in [0.717, 1.165) is 5.01 Å². The van der Waals surface area contributed by atoms with Gasteiger partial charge in [-0.2, -0.15) is 0 Å². The molecule has 0 aliphatic rings. The molecule has 19 heavy (non-hydrogen) atoms. The normalized spacial score (nSPS) is 10.6. The number of hydrogen-bond donors (Lipinski definition) is 2. The van der Waals surface area contributed by atoms with Crippen molar-refractivity contribution in [3.63, 3.8) is 0 Å². The summed E-state index contributed by atoms with van der Waals surface area (Å²) in [5.74, 6) is -0.429. The highest BCUT2D eigenvalue weighted by atomic mass is 32.1. The molecule has 0 unspecified atom stereocenters. The summed E-state index contributed by atoms with van der Waals surface area (Å²) in [6.07, 6.45) is 0.662. The topological polar surface area (TPSA) is 88.3 Å². The van der Waals surface area contributed by atoms with E-state index in [1.54, 1.807) is 12.4 Å². The molecule has 0 saturated heterocycles. The molecule has 0 aliphatic heterocycles. The number of aromatic nitrogens is 1. The Kier molecular flexibility index (Phi) is 5.91. The van der Waals surface area contributed by atoms with E-state index in [1.165, 1.54) is 16.2 Å². The number of nitrogens with zero attached hydrogens (tertiary/aromatic N) is 2. The molecule has 0 spiro atoms. The maximum absolute atomic E-state index is 12.0. The summed E-state index contributed by atoms with van der Waals surface area (Å²) in [5.41, 5.74) is 5.81. The van der Waals surface area contributed by atoms with Gasteiger partial charge >= 0.3 is 0 Å². The van der Waals surface area contributed by atoms with Crippen LogP contribution in [0.5, 0.6) is 0 Å². The number of carbonyl (C=O) groups excluding carboxylic acids is 2. The van der Waals surface area contributed by atoms with Crippen LogP contribution >= 0.6 is 11.3 Å². The molecule has 0 bridgehead atoms. The Morgan fingerprint density at radius 1 is 1.53 bits per heavy atom. The summed E-state index contributed by atoms with van der Waals surface area (Å²) in [6, 6.07) is 0.0615. The van der Waals surface area contributed by atoms with Crippen LogP contribution in [0.4, 0.5) is 0 Å². The zero-order chi connectivity index (χ0) is 14.4. The highest BCUT2D eigenvalue weighted by Gasteiger charge is 2.17. The van der Waals surface area contributed by atoms with Crippen molar-refractivity contribution in [2.75, 3.05) is 20.1 Å². The van der Waals surface area contributed by atoms with Crippen molar-refractivity contribution in [1.82, 2.24) is 15.2 Å². The van der Waals surface area contributed by atoms with E-state index in [2.05, 4.69) is 10.3 Å². The summed E-state index contributed by atoms with van der Waals surface area (Å²) in [5, 5.41) is 5.28. The van der Waals surface area contributed by atoms with E-state index < -0.39 is 0 Å². The lowest BCUT2D eigenvalue weighted by molar-refractivity contribution is -0.122. The predicted molar refractivity (Wildman–Crippen MR) is 75.1 cm³/mol. The van der Waals surface area contributed by atoms with Gasteiger partial charge in [-0.25, -0.2) is 4.98 Å². The molecular weight excluding hydrogens is 264 g/mol. The molecular formula is C12H20N4O2S. The van der Waals surface area contributed by atoms with Crippen LogP contribution in [-0.2, 0) is 11.2 Å². The van der Waals surface area contributed by atoms with Crippen molar-refractivity contribution >= 4 is 23.2 Å². The zero-order valence-corrected chi connectivity index (χ0v) is 12.3. The summed E-state index contributed by atoms with van der Waals surface area (Å²) in [7, 11) is 1.59. The molecule has 0 aliphatic carbocycles. The average molecular weight is 284 g/mol. The maximum Gasteiger partial charge on any atom is 0.273 e. The highest BCUT2D eigenvalue weighted by Crippen LogP contribution is 2.11. The average Bonchev–Trinajstić information content (AvgIpc) is 2.75. The third-order valence-corrected chi connectivity index (χ3v) is 3.21. The number of hydrogen-bond acceptors (Lipinski definition) is 5. The molecule has 3 N–H and O–H groups in total. The fourth-order valence-corrected chi connectivity index (χ4v) is 2.29. The Labute approximate surface area is 117 Å². The molecule has 7 heteroatoms. The fourth-order valence-electron chi connectivity index (χ4n) is 1.50. The zero-order valence-electron chi connectivity index (χ0n) is 11.5. The summed E-state index contributed by atoms with van der Waals surface area (Å²) in [6.45, 7) is 4.28. The minimum atomic E-state index is -0.251. The quantitative estimate of drug-likeness (QED) is 0.783. The first-order valence-corrected chi connectivity index (χ1v) is 7.01. The Balaban J connectivity index is 2.58. The van der Waals surface area contributed by atoms with Gasteiger partial charge in [0, 0.05) is 24.9 Å². The molecule has 2 amide bonds. The maximum atomic E-state index is 12.0. The summed E-state index contributed by atoms with van der Waals surface area (Å²) < 4.78 is 0. The Morgan fingerprint density at radius 2 is 2.21 bits per heavy atom. The summed E-state index contributed by atoms with van der Waals surface area (Å²) >= 11 is 1.41. The Bertz CT molecular complexity index is 445. The molecule has 0 radical (unpaired) electrons. The van der Waals surface area contributed by atoms with Crippen molar-refractivity contribution in [3.05, 3.63) is 16.1 Å². The molecule has 0 fully saturated rings. The molecule has 1 aromatic heterocycles. The van der Waals surface area contributed by atoms with E-state index >= 15 is 0 Å². The first-order valence-electron chi connectivity index (χ1n) is 6.13. The SMILES string of the molecule is CC(C)NC(=O)CN(C)C(=O)c1csc(CCN)n1. The van der Waals surface area contributed by atoms with Gasteiger partial charge in [-0.05, 0) is 20.4 Å². The van der Waals surface area contributed by atoms with Gasteiger partial charge in [0.05, 0.1) is 11.6 Å². The predicted octanol–water partition coefficient (Wildman–Crippen LogP) is 0.241. The number of nitrogens with one attached hydrogen (secondary N) is 1. The van der Waals surface area contributed by atoms with E-state index in [4.69, 9.17) is 5.73 Å². The van der Waals surface area contributed by atoms with Crippen LogP contribution in [0.15, 0.2) is 5.38 Å². The number of nitrogens with two attached hydrogens (primary N) is 1. The van der Waals surface area contributed by atoms with Crippen molar-refractivity contribution in [3.8, 4) is 0 Å². The first kappa shape index (κ1) is 15.6. The second kappa shape index (κ2) is 7.20. The second-order valence-electron chi connectivity index (χ2n) is 4.55. The fraction of sp³-hybridized carbons (Fsp3) is 0.583. The largest absolute Gasteiger partial charge is 0.352 e. The van der Waals surface area contributed by atoms with Crippen LogP contribution < -0.4 is 11.1 Å². The van der Waals surface area contributed by atoms with Crippen molar-refractivity contribution in [1.29, 1.82) is 0 Å². The standard InChI is InChI=1S/C12H20N4O2S/c1-8(2)14-10(17)6-16(3)12(18)9-7-19-11(15-9)4-5-13/h7-8H,4-6,13H2,1-3H3,(H,14,17). The first-order chi connectivity index (χ1) is 8.93. The number of carbonyl (C=O) groups is 2. The van der Waals surface area contributed by atoms with E-state index in [-0.39, 0.29) is 24.4 Å². The van der Waals surface area contributed by atoms with E-state index in [0.29, 0.717) is 18.7 Å². The second-order valence-corrected chi connectivity index (χ2v) is 5.49. The minimum absolute atomic E-state index is 0.0285. The van der Waals surface area contributed by atoms with Gasteiger partial charge in [-0.15, -0.1) is 11.3 Å². The number of rotatable bonds is 6. The van der Waals surface area contributed by atoms with Gasteiger partial charge < -0.3 is 16.0 Å². The molecule has 0 aromatic carbocycles. The van der Waals surface area contributed by atoms with Crippen LogP contribution in [0.2, 0.25) is 0 Å². The highest BCUT2D eigenvalue weighted by molar-refractivity contribution is 7.09. The monoisotopic (exact) mass is 284 g/mol. The minimum Gasteiger partial charge on any atom is -0.352 e. The van der Waals surface area contributed by atoms with Gasteiger partial charge in [-0.3, -0.25) is 9.59 Å². The van der Waals surface area contributed by atoms with Crippen molar-refractivity contribution < 1.29 is 9.59 Å². The van der Waals surface area contributed by atoms with Crippen LogP contribution in [0.1, 0.15) is 29.3 Å². The third kappa shape index (κ3) is 4.96. The Hall–Kier alpha value is -1.47. The lowest BCUT2D eigenvalue weighted by Crippen LogP contribution is -2.40. The lowest BCUT2D eigenvalue weighted by Gasteiger charge is -2.16. The molecule has 0 atom stereocenters. The van der Waals surface area contributed by atoms with Gasteiger partial charge in [0.2, 0.25) is 5.91 Å². The van der Waals surface area contributed by atoms with Crippen LogP contribution in [0.3, 0.4) is 0 Å². The van der Waals surface area contributed by atoms with Crippen LogP contribution in [0.25, 0.3) is 0 Å². The molecule has 1 rings (SSSR count). The van der Waals surface area contributed by atoms with E-state index in [9.17, 15) is 9.59 Å². The summed E-state index contributed by atoms with van der Waals surface area (Å²) in [4.78, 5) is 29.2. The van der Waals surface area contributed by atoms with Crippen molar-refractivity contribution in [2.45, 2.75) is 26.3 Å². The molecule has 1 heterocycles. The molecule has 0 saturated carbocycles. The molecule has 6 nitrogen and oxygen atoms in total. The molecule has 1 aromatic rings. The lowest BCUT2D eigenvalue weighted by atomic mass is 10.3. The number of likely N-dealkylation sites (N-methyl/N-ethyl adjacent to an activating group) is 1. The molecule has 106 valence electrons. The van der Waals surface area contributed by atoms with Gasteiger partial charge in [-0.1, -0.05) is 0 Å². The van der Waals surface area contributed by atoms with Gasteiger partial charge in [0.15, 0.2) is 0 Å².